The third kappa shape index (κ3) is 3.23. The van der Waals surface area contributed by atoms with E-state index in [4.69, 9.17) is 17.3 Å². The molecule has 0 atom stereocenters. The van der Waals surface area contributed by atoms with Gasteiger partial charge < -0.3 is 5.73 Å². The van der Waals surface area contributed by atoms with E-state index in [1.807, 2.05) is 0 Å². The zero-order valence-corrected chi connectivity index (χ0v) is 10.0. The first-order valence-electron chi connectivity index (χ1n) is 4.48. The molecule has 0 radical (unpaired) electrons. The molecular weight excluding hydrogens is 268 g/mol. The van der Waals surface area contributed by atoms with Crippen LogP contribution in [0.5, 0.6) is 0 Å². The van der Waals surface area contributed by atoms with E-state index in [9.17, 15) is 4.39 Å². The van der Waals surface area contributed by atoms with E-state index in [-0.39, 0.29) is 5.82 Å². The molecule has 0 aliphatic heterocycles. The Bertz CT molecular complexity index is 317. The Morgan fingerprint density at radius 1 is 1.36 bits per heavy atom. The summed E-state index contributed by atoms with van der Waals surface area (Å²) >= 11 is 9.03. The van der Waals surface area contributed by atoms with Crippen molar-refractivity contribution < 1.29 is 4.39 Å². The average Bonchev–Trinajstić information content (AvgIpc) is 2.14. The Balaban J connectivity index is 2.72. The first-order valence-corrected chi connectivity index (χ1v) is 5.65. The fourth-order valence-electron chi connectivity index (χ4n) is 1.22. The molecule has 0 aromatic heterocycles. The Morgan fingerprint density at radius 3 is 2.71 bits per heavy atom. The van der Waals surface area contributed by atoms with Gasteiger partial charge in [0.05, 0.1) is 5.02 Å². The number of benzene rings is 1. The zero-order chi connectivity index (χ0) is 10.6. The fourth-order valence-corrected chi connectivity index (χ4v) is 1.72. The summed E-state index contributed by atoms with van der Waals surface area (Å²) < 4.78 is 13.9. The molecule has 14 heavy (non-hydrogen) atoms. The predicted octanol–water partition coefficient (Wildman–Crippen LogP) is 3.52. The highest BCUT2D eigenvalue weighted by molar-refractivity contribution is 9.10. The van der Waals surface area contributed by atoms with Crippen LogP contribution in [0.4, 0.5) is 4.39 Å². The molecule has 0 heterocycles. The normalized spacial score (nSPS) is 10.6. The molecule has 0 saturated carbocycles. The van der Waals surface area contributed by atoms with Crippen LogP contribution < -0.4 is 5.73 Å². The smallest absolute Gasteiger partial charge is 0.127 e. The first-order chi connectivity index (χ1) is 6.65. The molecule has 0 spiro atoms. The van der Waals surface area contributed by atoms with E-state index in [1.165, 1.54) is 6.07 Å². The first kappa shape index (κ1) is 12.0. The van der Waals surface area contributed by atoms with Crippen molar-refractivity contribution >= 4 is 27.5 Å². The SMILES string of the molecule is NCCCCc1cc(Cl)c(Br)cc1F. The topological polar surface area (TPSA) is 26.0 Å². The number of rotatable bonds is 4. The summed E-state index contributed by atoms with van der Waals surface area (Å²) in [5.74, 6) is -0.210. The molecular formula is C10H12BrClFN. The summed E-state index contributed by atoms with van der Waals surface area (Å²) in [6, 6.07) is 3.07. The maximum atomic E-state index is 13.3. The van der Waals surface area contributed by atoms with Crippen molar-refractivity contribution in [2.75, 3.05) is 6.54 Å². The van der Waals surface area contributed by atoms with Crippen LogP contribution in [0.1, 0.15) is 18.4 Å². The monoisotopic (exact) mass is 279 g/mol. The molecule has 2 N–H and O–H groups in total. The lowest BCUT2D eigenvalue weighted by molar-refractivity contribution is 0.600. The molecule has 1 nitrogen and oxygen atoms in total. The summed E-state index contributed by atoms with van der Waals surface area (Å²) in [6.07, 6.45) is 2.49. The number of nitrogens with two attached hydrogens (primary N) is 1. The van der Waals surface area contributed by atoms with E-state index in [0.29, 0.717) is 28.0 Å². The number of halogens is 3. The van der Waals surface area contributed by atoms with E-state index in [1.54, 1.807) is 6.07 Å². The highest BCUT2D eigenvalue weighted by Gasteiger charge is 2.06. The van der Waals surface area contributed by atoms with Gasteiger partial charge in [-0.25, -0.2) is 4.39 Å². The van der Waals surface area contributed by atoms with Gasteiger partial charge in [-0.05, 0) is 59.4 Å². The molecule has 0 saturated heterocycles. The molecule has 4 heteroatoms. The summed E-state index contributed by atoms with van der Waals surface area (Å²) in [6.45, 7) is 0.645. The summed E-state index contributed by atoms with van der Waals surface area (Å²) in [5, 5.41) is 0.550. The van der Waals surface area contributed by atoms with Crippen LogP contribution in [0.15, 0.2) is 16.6 Å². The maximum Gasteiger partial charge on any atom is 0.127 e. The number of unbranched alkanes of at least 4 members (excludes halogenated alkanes) is 1. The fraction of sp³-hybridized carbons (Fsp3) is 0.400. The second-order valence-electron chi connectivity index (χ2n) is 3.10. The Morgan fingerprint density at radius 2 is 2.07 bits per heavy atom. The minimum atomic E-state index is -0.210. The van der Waals surface area contributed by atoms with E-state index in [0.717, 1.165) is 12.8 Å². The molecule has 0 amide bonds. The van der Waals surface area contributed by atoms with Crippen molar-refractivity contribution in [3.8, 4) is 0 Å². The highest BCUT2D eigenvalue weighted by atomic mass is 79.9. The molecule has 1 rings (SSSR count). The van der Waals surface area contributed by atoms with Gasteiger partial charge in [0.2, 0.25) is 0 Å². The van der Waals surface area contributed by atoms with E-state index >= 15 is 0 Å². The second kappa shape index (κ2) is 5.69. The van der Waals surface area contributed by atoms with Crippen molar-refractivity contribution in [3.05, 3.63) is 33.0 Å². The van der Waals surface area contributed by atoms with Gasteiger partial charge in [-0.3, -0.25) is 0 Å². The van der Waals surface area contributed by atoms with Crippen LogP contribution in [-0.4, -0.2) is 6.54 Å². The lowest BCUT2D eigenvalue weighted by Crippen LogP contribution is -2.00. The van der Waals surface area contributed by atoms with Crippen LogP contribution in [0.25, 0.3) is 0 Å². The quantitative estimate of drug-likeness (QED) is 0.663. The van der Waals surface area contributed by atoms with E-state index in [2.05, 4.69) is 15.9 Å². The van der Waals surface area contributed by atoms with Crippen LogP contribution in [-0.2, 0) is 6.42 Å². The van der Waals surface area contributed by atoms with Crippen LogP contribution >= 0.6 is 27.5 Å². The molecule has 1 aromatic rings. The van der Waals surface area contributed by atoms with Gasteiger partial charge in [-0.1, -0.05) is 11.6 Å². The second-order valence-corrected chi connectivity index (χ2v) is 4.37. The largest absolute Gasteiger partial charge is 0.330 e. The minimum Gasteiger partial charge on any atom is -0.330 e. The molecule has 0 unspecified atom stereocenters. The van der Waals surface area contributed by atoms with Crippen molar-refractivity contribution in [1.82, 2.24) is 0 Å². The maximum absolute atomic E-state index is 13.3. The molecule has 78 valence electrons. The lowest BCUT2D eigenvalue weighted by Gasteiger charge is -2.04. The van der Waals surface area contributed by atoms with Gasteiger partial charge in [0.15, 0.2) is 0 Å². The Hall–Kier alpha value is -0.120. The number of hydrogen-bond acceptors (Lipinski definition) is 1. The minimum absolute atomic E-state index is 0.210. The summed E-state index contributed by atoms with van der Waals surface area (Å²) in [4.78, 5) is 0. The van der Waals surface area contributed by atoms with Gasteiger partial charge in [-0.2, -0.15) is 0 Å². The van der Waals surface area contributed by atoms with Crippen LogP contribution in [0.2, 0.25) is 5.02 Å². The third-order valence-corrected chi connectivity index (χ3v) is 3.19. The van der Waals surface area contributed by atoms with Crippen molar-refractivity contribution in [2.24, 2.45) is 5.73 Å². The van der Waals surface area contributed by atoms with Crippen LogP contribution in [0.3, 0.4) is 0 Å². The van der Waals surface area contributed by atoms with Crippen molar-refractivity contribution in [3.63, 3.8) is 0 Å². The van der Waals surface area contributed by atoms with Gasteiger partial charge in [0, 0.05) is 4.47 Å². The summed E-state index contributed by atoms with van der Waals surface area (Å²) in [5.41, 5.74) is 6.02. The zero-order valence-electron chi connectivity index (χ0n) is 7.69. The predicted molar refractivity (Wildman–Crippen MR) is 61.1 cm³/mol. The van der Waals surface area contributed by atoms with Gasteiger partial charge in [0.25, 0.3) is 0 Å². The van der Waals surface area contributed by atoms with E-state index < -0.39 is 0 Å². The Kier molecular flexibility index (Phi) is 4.85. The van der Waals surface area contributed by atoms with Crippen LogP contribution in [0, 0.1) is 5.82 Å². The van der Waals surface area contributed by atoms with Gasteiger partial charge in [-0.15, -0.1) is 0 Å². The molecule has 0 fully saturated rings. The van der Waals surface area contributed by atoms with Crippen molar-refractivity contribution in [2.45, 2.75) is 19.3 Å². The highest BCUT2D eigenvalue weighted by Crippen LogP contribution is 2.26. The molecule has 0 bridgehead atoms. The van der Waals surface area contributed by atoms with Gasteiger partial charge in [0.1, 0.15) is 5.82 Å². The standard InChI is InChI=1S/C10H12BrClFN/c11-8-6-10(13)7(5-9(8)12)3-1-2-4-14/h5-6H,1-4,14H2. The molecule has 1 aromatic carbocycles. The Labute approximate surface area is 96.6 Å². The molecule has 0 aliphatic carbocycles. The number of aryl methyl sites for hydroxylation is 1. The average molecular weight is 281 g/mol. The lowest BCUT2D eigenvalue weighted by atomic mass is 10.1. The van der Waals surface area contributed by atoms with Crippen molar-refractivity contribution in [1.29, 1.82) is 0 Å². The number of hydrogen-bond donors (Lipinski definition) is 1. The van der Waals surface area contributed by atoms with Gasteiger partial charge >= 0.3 is 0 Å². The third-order valence-electron chi connectivity index (χ3n) is 1.99. The molecule has 0 aliphatic rings. The summed E-state index contributed by atoms with van der Waals surface area (Å²) in [7, 11) is 0.